The zero-order chi connectivity index (χ0) is 16.9. The Kier molecular flexibility index (Phi) is 5.71. The second kappa shape index (κ2) is 7.96. The standard InChI is InChI=1S/C17H18ClFN2O2S/c18-16-6-5-13(24-16)11-20-7-9-21(10-8-20)17(22)12-23-15-4-2-1-3-14(15)19/h1-6H,7-12H2. The molecule has 7 heteroatoms. The molecule has 3 rings (SSSR count). The van der Waals surface area contributed by atoms with Crippen LogP contribution in [-0.2, 0) is 11.3 Å². The molecule has 0 atom stereocenters. The van der Waals surface area contributed by atoms with Crippen LogP contribution in [0.2, 0.25) is 4.34 Å². The summed E-state index contributed by atoms with van der Waals surface area (Å²) in [5.41, 5.74) is 0. The first-order chi connectivity index (χ1) is 11.6. The summed E-state index contributed by atoms with van der Waals surface area (Å²) in [6, 6.07) is 10.0. The summed E-state index contributed by atoms with van der Waals surface area (Å²) in [6.07, 6.45) is 0. The summed E-state index contributed by atoms with van der Waals surface area (Å²) in [7, 11) is 0. The summed E-state index contributed by atoms with van der Waals surface area (Å²) in [5, 5.41) is 0. The van der Waals surface area contributed by atoms with Crippen LogP contribution in [0, 0.1) is 5.82 Å². The number of hydrogen-bond acceptors (Lipinski definition) is 4. The topological polar surface area (TPSA) is 32.8 Å². The van der Waals surface area contributed by atoms with Crippen molar-refractivity contribution >= 4 is 28.8 Å². The average molecular weight is 369 g/mol. The highest BCUT2D eigenvalue weighted by Gasteiger charge is 2.22. The fourth-order valence-corrected chi connectivity index (χ4v) is 3.74. The van der Waals surface area contributed by atoms with E-state index in [1.165, 1.54) is 17.0 Å². The Morgan fingerprint density at radius 3 is 2.58 bits per heavy atom. The number of nitrogens with zero attached hydrogens (tertiary/aromatic N) is 2. The molecule has 0 saturated carbocycles. The van der Waals surface area contributed by atoms with Crippen molar-refractivity contribution in [3.63, 3.8) is 0 Å². The summed E-state index contributed by atoms with van der Waals surface area (Å²) in [4.78, 5) is 17.5. The van der Waals surface area contributed by atoms with Gasteiger partial charge in [0.25, 0.3) is 5.91 Å². The normalized spacial score (nSPS) is 15.5. The van der Waals surface area contributed by atoms with Crippen LogP contribution < -0.4 is 4.74 Å². The molecule has 1 aromatic heterocycles. The Bertz CT molecular complexity index is 701. The summed E-state index contributed by atoms with van der Waals surface area (Å²) >= 11 is 7.53. The highest BCUT2D eigenvalue weighted by atomic mass is 35.5. The highest BCUT2D eigenvalue weighted by Crippen LogP contribution is 2.23. The first-order valence-corrected chi connectivity index (χ1v) is 8.93. The molecular weight excluding hydrogens is 351 g/mol. The van der Waals surface area contributed by atoms with Crippen molar-refractivity contribution < 1.29 is 13.9 Å². The Labute approximate surface area is 149 Å². The fraction of sp³-hybridized carbons (Fsp3) is 0.353. The fourth-order valence-electron chi connectivity index (χ4n) is 2.61. The lowest BCUT2D eigenvalue weighted by molar-refractivity contribution is -0.135. The third-order valence-corrected chi connectivity index (χ3v) is 5.14. The van der Waals surface area contributed by atoms with Crippen molar-refractivity contribution in [1.82, 2.24) is 9.80 Å². The SMILES string of the molecule is O=C(COc1ccccc1F)N1CCN(Cc2ccc(Cl)s2)CC1. The summed E-state index contributed by atoms with van der Waals surface area (Å²) in [6.45, 7) is 3.63. The minimum Gasteiger partial charge on any atom is -0.481 e. The van der Waals surface area contributed by atoms with Gasteiger partial charge in [0.05, 0.1) is 4.34 Å². The number of amides is 1. The molecule has 0 radical (unpaired) electrons. The molecule has 0 aliphatic carbocycles. The van der Waals surface area contributed by atoms with Gasteiger partial charge in [-0.05, 0) is 24.3 Å². The number of ether oxygens (including phenoxy) is 1. The van der Waals surface area contributed by atoms with Gasteiger partial charge < -0.3 is 9.64 Å². The lowest BCUT2D eigenvalue weighted by Gasteiger charge is -2.34. The Hall–Kier alpha value is -1.63. The van der Waals surface area contributed by atoms with Gasteiger partial charge in [-0.25, -0.2) is 4.39 Å². The third-order valence-electron chi connectivity index (χ3n) is 3.92. The van der Waals surface area contributed by atoms with E-state index >= 15 is 0 Å². The zero-order valence-corrected chi connectivity index (χ0v) is 14.7. The molecule has 1 saturated heterocycles. The minimum atomic E-state index is -0.454. The van der Waals surface area contributed by atoms with Crippen molar-refractivity contribution in [2.45, 2.75) is 6.54 Å². The number of halogens is 2. The first-order valence-electron chi connectivity index (χ1n) is 7.73. The van der Waals surface area contributed by atoms with Crippen LogP contribution >= 0.6 is 22.9 Å². The van der Waals surface area contributed by atoms with Gasteiger partial charge in [-0.15, -0.1) is 11.3 Å². The Morgan fingerprint density at radius 2 is 1.92 bits per heavy atom. The number of carbonyl (C=O) groups is 1. The molecule has 0 unspecified atom stereocenters. The van der Waals surface area contributed by atoms with Crippen LogP contribution in [0.5, 0.6) is 5.75 Å². The van der Waals surface area contributed by atoms with Gasteiger partial charge in [-0.2, -0.15) is 0 Å². The van der Waals surface area contributed by atoms with Crippen LogP contribution in [0.1, 0.15) is 4.88 Å². The van der Waals surface area contributed by atoms with Gasteiger partial charge in [0, 0.05) is 37.6 Å². The molecule has 1 amide bonds. The van der Waals surface area contributed by atoms with Crippen molar-refractivity contribution in [3.8, 4) is 5.75 Å². The largest absolute Gasteiger partial charge is 0.481 e. The molecule has 24 heavy (non-hydrogen) atoms. The first kappa shape index (κ1) is 17.2. The van der Waals surface area contributed by atoms with Gasteiger partial charge in [-0.3, -0.25) is 9.69 Å². The Morgan fingerprint density at radius 1 is 1.17 bits per heavy atom. The van der Waals surface area contributed by atoms with E-state index in [9.17, 15) is 9.18 Å². The van der Waals surface area contributed by atoms with Crippen molar-refractivity contribution in [1.29, 1.82) is 0 Å². The average Bonchev–Trinajstić information content (AvgIpc) is 2.99. The molecule has 1 aromatic carbocycles. The van der Waals surface area contributed by atoms with Crippen molar-refractivity contribution in [3.05, 3.63) is 51.4 Å². The van der Waals surface area contributed by atoms with E-state index < -0.39 is 5.82 Å². The monoisotopic (exact) mass is 368 g/mol. The second-order valence-electron chi connectivity index (χ2n) is 5.58. The van der Waals surface area contributed by atoms with E-state index in [4.69, 9.17) is 16.3 Å². The molecule has 0 bridgehead atoms. The maximum Gasteiger partial charge on any atom is 0.260 e. The molecule has 1 aliphatic heterocycles. The quantitative estimate of drug-likeness (QED) is 0.812. The highest BCUT2D eigenvalue weighted by molar-refractivity contribution is 7.16. The number of rotatable bonds is 5. The number of hydrogen-bond donors (Lipinski definition) is 0. The van der Waals surface area contributed by atoms with Gasteiger partial charge >= 0.3 is 0 Å². The number of piperazine rings is 1. The van der Waals surface area contributed by atoms with Crippen LogP contribution in [0.4, 0.5) is 4.39 Å². The predicted octanol–water partition coefficient (Wildman–Crippen LogP) is 3.26. The van der Waals surface area contributed by atoms with E-state index in [1.807, 2.05) is 12.1 Å². The lowest BCUT2D eigenvalue weighted by Crippen LogP contribution is -2.49. The van der Waals surface area contributed by atoms with E-state index in [1.54, 1.807) is 28.4 Å². The Balaban J connectivity index is 1.44. The van der Waals surface area contributed by atoms with Crippen LogP contribution in [-0.4, -0.2) is 48.5 Å². The van der Waals surface area contributed by atoms with Gasteiger partial charge in [0.15, 0.2) is 18.2 Å². The van der Waals surface area contributed by atoms with Crippen LogP contribution in [0.25, 0.3) is 0 Å². The van der Waals surface area contributed by atoms with E-state index in [0.29, 0.717) is 13.1 Å². The van der Waals surface area contributed by atoms with Crippen LogP contribution in [0.3, 0.4) is 0 Å². The molecule has 1 aliphatic rings. The van der Waals surface area contributed by atoms with Gasteiger partial charge in [0.2, 0.25) is 0 Å². The maximum absolute atomic E-state index is 13.5. The van der Waals surface area contributed by atoms with Gasteiger partial charge in [0.1, 0.15) is 0 Å². The smallest absolute Gasteiger partial charge is 0.260 e. The molecule has 128 valence electrons. The van der Waals surface area contributed by atoms with Crippen LogP contribution in [0.15, 0.2) is 36.4 Å². The molecular formula is C17H18ClFN2O2S. The molecule has 2 aromatic rings. The van der Waals surface area contributed by atoms with Crippen molar-refractivity contribution in [2.75, 3.05) is 32.8 Å². The minimum absolute atomic E-state index is 0.110. The molecule has 1 fully saturated rings. The summed E-state index contributed by atoms with van der Waals surface area (Å²) in [5.74, 6) is -0.458. The second-order valence-corrected chi connectivity index (χ2v) is 7.38. The van der Waals surface area contributed by atoms with Crippen molar-refractivity contribution in [2.24, 2.45) is 0 Å². The van der Waals surface area contributed by atoms with E-state index in [0.717, 1.165) is 24.0 Å². The molecule has 0 N–H and O–H groups in total. The predicted molar refractivity (Wildman–Crippen MR) is 93.1 cm³/mol. The zero-order valence-electron chi connectivity index (χ0n) is 13.1. The number of para-hydroxylation sites is 1. The maximum atomic E-state index is 13.5. The summed E-state index contributed by atoms with van der Waals surface area (Å²) < 4.78 is 19.6. The number of carbonyl (C=O) groups excluding carboxylic acids is 1. The van der Waals surface area contributed by atoms with Gasteiger partial charge in [-0.1, -0.05) is 23.7 Å². The van der Waals surface area contributed by atoms with E-state index in [2.05, 4.69) is 4.90 Å². The molecule has 4 nitrogen and oxygen atoms in total. The number of benzene rings is 1. The molecule has 2 heterocycles. The number of thiophene rings is 1. The van der Waals surface area contributed by atoms with E-state index in [-0.39, 0.29) is 18.3 Å². The third kappa shape index (κ3) is 4.47. The lowest BCUT2D eigenvalue weighted by atomic mass is 10.3. The molecule has 0 spiro atoms.